The Labute approximate surface area is 177 Å². The molecule has 2 bridgehead atoms. The maximum Gasteiger partial charge on any atom is 0.158 e. The summed E-state index contributed by atoms with van der Waals surface area (Å²) < 4.78 is 13.2. The van der Waals surface area contributed by atoms with Crippen molar-refractivity contribution in [2.24, 2.45) is 5.92 Å². The third-order valence-electron chi connectivity index (χ3n) is 5.95. The van der Waals surface area contributed by atoms with Gasteiger partial charge in [0.1, 0.15) is 17.5 Å². The van der Waals surface area contributed by atoms with E-state index in [1.54, 1.807) is 6.07 Å². The monoisotopic (exact) mass is 408 g/mol. The zero-order valence-electron chi connectivity index (χ0n) is 17.8. The van der Waals surface area contributed by atoms with Crippen molar-refractivity contribution in [2.45, 2.75) is 39.3 Å². The van der Waals surface area contributed by atoms with E-state index in [1.807, 2.05) is 6.07 Å². The van der Waals surface area contributed by atoms with E-state index >= 15 is 0 Å². The van der Waals surface area contributed by atoms with E-state index in [1.165, 1.54) is 12.3 Å². The molecule has 2 atom stereocenters. The minimum Gasteiger partial charge on any atom is -0.381 e. The summed E-state index contributed by atoms with van der Waals surface area (Å²) in [6, 6.07) is 7.70. The van der Waals surface area contributed by atoms with Crippen LogP contribution in [0.2, 0.25) is 0 Å². The molecule has 0 spiro atoms. The molecule has 0 saturated carbocycles. The topological polar surface area (TPSA) is 56.3 Å². The Balaban J connectivity index is 1.62. The molecular formula is C23H29FN6. The van der Waals surface area contributed by atoms with Crippen LogP contribution >= 0.6 is 0 Å². The Morgan fingerprint density at radius 3 is 2.70 bits per heavy atom. The van der Waals surface area contributed by atoms with Gasteiger partial charge in [-0.25, -0.2) is 14.4 Å². The summed E-state index contributed by atoms with van der Waals surface area (Å²) in [6.07, 6.45) is 2.21. The number of hydrogen-bond donors (Lipinski definition) is 2. The second-order valence-electron chi connectivity index (χ2n) is 8.39. The van der Waals surface area contributed by atoms with Gasteiger partial charge in [-0.05, 0) is 43.5 Å². The van der Waals surface area contributed by atoms with E-state index < -0.39 is 0 Å². The first-order valence-corrected chi connectivity index (χ1v) is 10.4. The minimum absolute atomic E-state index is 0.275. The molecule has 1 saturated heterocycles. The number of nitrogens with zero attached hydrogens (tertiary/aromatic N) is 4. The number of pyridine rings is 2. The summed E-state index contributed by atoms with van der Waals surface area (Å²) in [4.78, 5) is 13.6. The summed E-state index contributed by atoms with van der Waals surface area (Å²) in [6.45, 7) is 16.9. The maximum absolute atomic E-state index is 13.2. The predicted molar refractivity (Wildman–Crippen MR) is 121 cm³/mol. The van der Waals surface area contributed by atoms with Crippen molar-refractivity contribution >= 4 is 23.0 Å². The van der Waals surface area contributed by atoms with Crippen molar-refractivity contribution in [2.75, 3.05) is 28.2 Å². The fourth-order valence-corrected chi connectivity index (χ4v) is 3.90. The van der Waals surface area contributed by atoms with Crippen LogP contribution in [0.15, 0.2) is 49.4 Å². The van der Waals surface area contributed by atoms with Gasteiger partial charge >= 0.3 is 0 Å². The van der Waals surface area contributed by atoms with Crippen LogP contribution in [0, 0.1) is 11.7 Å². The lowest BCUT2D eigenvalue weighted by atomic mass is 10.1. The molecule has 1 unspecified atom stereocenters. The second kappa shape index (κ2) is 7.97. The molecule has 2 N–H and O–H groups in total. The Bertz CT molecular complexity index is 955. The maximum atomic E-state index is 13.2. The molecular weight excluding hydrogens is 379 g/mol. The highest BCUT2D eigenvalue weighted by Gasteiger charge is 2.38. The predicted octanol–water partition coefficient (Wildman–Crippen LogP) is 4.20. The Morgan fingerprint density at radius 1 is 1.20 bits per heavy atom. The van der Waals surface area contributed by atoms with Crippen LogP contribution in [-0.4, -0.2) is 35.1 Å². The average Bonchev–Trinajstić information content (AvgIpc) is 3.13. The van der Waals surface area contributed by atoms with E-state index in [4.69, 9.17) is 4.98 Å². The first kappa shape index (κ1) is 20.2. The van der Waals surface area contributed by atoms with Crippen molar-refractivity contribution in [3.63, 3.8) is 0 Å². The summed E-state index contributed by atoms with van der Waals surface area (Å²) in [5.41, 5.74) is 2.72. The molecule has 6 nitrogen and oxygen atoms in total. The number of anilines is 3. The zero-order valence-corrected chi connectivity index (χ0v) is 17.8. The van der Waals surface area contributed by atoms with Crippen molar-refractivity contribution < 1.29 is 4.39 Å². The van der Waals surface area contributed by atoms with Gasteiger partial charge in [0.05, 0.1) is 29.3 Å². The number of aromatic nitrogens is 2. The van der Waals surface area contributed by atoms with Crippen molar-refractivity contribution in [1.82, 2.24) is 15.3 Å². The van der Waals surface area contributed by atoms with E-state index in [2.05, 4.69) is 65.4 Å². The number of fused-ring (bicyclic) bond motifs is 4. The van der Waals surface area contributed by atoms with Crippen LogP contribution in [0.1, 0.15) is 32.9 Å². The summed E-state index contributed by atoms with van der Waals surface area (Å²) in [7, 11) is 0. The van der Waals surface area contributed by atoms with E-state index in [-0.39, 0.29) is 11.9 Å². The third kappa shape index (κ3) is 3.84. The van der Waals surface area contributed by atoms with Gasteiger partial charge in [0, 0.05) is 19.1 Å². The largest absolute Gasteiger partial charge is 0.381 e. The molecule has 4 heterocycles. The molecule has 158 valence electrons. The molecule has 2 aromatic rings. The highest BCUT2D eigenvalue weighted by molar-refractivity contribution is 5.77. The Hall–Kier alpha value is -3.09. The van der Waals surface area contributed by atoms with E-state index in [9.17, 15) is 4.39 Å². The van der Waals surface area contributed by atoms with Gasteiger partial charge in [-0.1, -0.05) is 27.0 Å². The molecule has 2 aliphatic rings. The Kier molecular flexibility index (Phi) is 5.37. The average molecular weight is 409 g/mol. The van der Waals surface area contributed by atoms with Gasteiger partial charge < -0.3 is 20.4 Å². The van der Waals surface area contributed by atoms with E-state index in [0.29, 0.717) is 23.6 Å². The smallest absolute Gasteiger partial charge is 0.158 e. The van der Waals surface area contributed by atoms with Crippen LogP contribution in [-0.2, 0) is 0 Å². The number of nitrogens with one attached hydrogen (secondary N) is 2. The normalized spacial score (nSPS) is 18.2. The molecule has 7 heteroatoms. The third-order valence-corrected chi connectivity index (χ3v) is 5.95. The molecule has 0 amide bonds. The Morgan fingerprint density at radius 2 is 2.00 bits per heavy atom. The minimum atomic E-state index is -0.367. The molecule has 4 rings (SSSR count). The van der Waals surface area contributed by atoms with E-state index in [0.717, 1.165) is 42.4 Å². The lowest BCUT2D eigenvalue weighted by Gasteiger charge is -2.38. The van der Waals surface area contributed by atoms with Crippen molar-refractivity contribution in [3.8, 4) is 0 Å². The van der Waals surface area contributed by atoms with Crippen molar-refractivity contribution in [1.29, 1.82) is 0 Å². The van der Waals surface area contributed by atoms with Gasteiger partial charge in [0.15, 0.2) is 5.82 Å². The highest BCUT2D eigenvalue weighted by Crippen LogP contribution is 2.41. The van der Waals surface area contributed by atoms with Crippen molar-refractivity contribution in [3.05, 3.63) is 61.0 Å². The van der Waals surface area contributed by atoms with Crippen LogP contribution in [0.25, 0.3) is 5.70 Å². The molecule has 1 fully saturated rings. The summed E-state index contributed by atoms with van der Waals surface area (Å²) >= 11 is 0. The quantitative estimate of drug-likeness (QED) is 0.716. The molecule has 0 aliphatic carbocycles. The fourth-order valence-electron chi connectivity index (χ4n) is 3.90. The lowest BCUT2D eigenvalue weighted by molar-refractivity contribution is 0.480. The standard InChI is InChI=1S/C23H29FN6/c1-14(2)15(3)26-16(4)20-7-8-21-23(28-20)30(19-10-11-29(21)13-19)17(5)27-22-9-6-18(24)12-25-22/h6-9,12,14-15,19,26H,4-5,10-11,13H2,1-3H3,(H,25,27)/t15-,19?/m1/s1. The van der Waals surface area contributed by atoms with Gasteiger partial charge in [0.25, 0.3) is 0 Å². The van der Waals surface area contributed by atoms with Gasteiger partial charge in [-0.3, -0.25) is 0 Å². The first-order valence-electron chi connectivity index (χ1n) is 10.4. The molecule has 2 aromatic heterocycles. The van der Waals surface area contributed by atoms with Crippen LogP contribution < -0.4 is 20.4 Å². The highest BCUT2D eigenvalue weighted by atomic mass is 19.1. The van der Waals surface area contributed by atoms with Crippen LogP contribution in [0.3, 0.4) is 0 Å². The zero-order chi connectivity index (χ0) is 21.4. The fraction of sp³-hybridized carbons (Fsp3) is 0.391. The van der Waals surface area contributed by atoms with Gasteiger partial charge in [-0.2, -0.15) is 0 Å². The molecule has 0 radical (unpaired) electrons. The number of rotatable bonds is 7. The SMILES string of the molecule is C=C(N[C@H](C)C(C)C)c1ccc2c(n1)N(C(=C)Nc1ccc(F)cn1)C1CCN2C1. The summed E-state index contributed by atoms with van der Waals surface area (Å²) in [5.74, 6) is 2.22. The summed E-state index contributed by atoms with van der Waals surface area (Å²) in [5, 5.41) is 6.67. The van der Waals surface area contributed by atoms with Crippen LogP contribution in [0.4, 0.5) is 21.7 Å². The number of hydrogen-bond acceptors (Lipinski definition) is 6. The molecule has 0 aromatic carbocycles. The molecule has 30 heavy (non-hydrogen) atoms. The second-order valence-corrected chi connectivity index (χ2v) is 8.39. The molecule has 2 aliphatic heterocycles. The van der Waals surface area contributed by atoms with Gasteiger partial charge in [-0.15, -0.1) is 0 Å². The first-order chi connectivity index (χ1) is 14.3. The lowest BCUT2D eigenvalue weighted by Crippen LogP contribution is -2.44. The van der Waals surface area contributed by atoms with Crippen LogP contribution in [0.5, 0.6) is 0 Å². The van der Waals surface area contributed by atoms with Gasteiger partial charge in [0.2, 0.25) is 0 Å². The number of halogens is 1.